The van der Waals surface area contributed by atoms with Gasteiger partial charge in [-0.05, 0) is 43.5 Å². The Morgan fingerprint density at radius 1 is 1.03 bits per heavy atom. The molecule has 12 heteroatoms. The van der Waals surface area contributed by atoms with E-state index in [0.717, 1.165) is 4.90 Å². The molecule has 1 aromatic carbocycles. The van der Waals surface area contributed by atoms with E-state index in [9.17, 15) is 19.2 Å². The number of rotatable bonds is 5. The second kappa shape index (κ2) is 9.29. The van der Waals surface area contributed by atoms with Crippen LogP contribution in [0.1, 0.15) is 31.6 Å². The lowest BCUT2D eigenvalue weighted by atomic mass is 10.0. The second-order valence-electron chi connectivity index (χ2n) is 9.19. The van der Waals surface area contributed by atoms with Crippen molar-refractivity contribution in [1.82, 2.24) is 30.2 Å². The number of piperidine rings is 1. The molecule has 1 fully saturated rings. The zero-order valence-corrected chi connectivity index (χ0v) is 20.0. The zero-order chi connectivity index (χ0) is 26.4. The lowest BCUT2D eigenvalue weighted by Crippen LogP contribution is -2.55. The second-order valence-corrected chi connectivity index (χ2v) is 9.19. The van der Waals surface area contributed by atoms with Crippen molar-refractivity contribution in [3.63, 3.8) is 0 Å². The molecule has 38 heavy (non-hydrogen) atoms. The highest BCUT2D eigenvalue weighted by Gasteiger charge is 2.48. The molecule has 4 amide bonds. The normalized spacial score (nSPS) is 19.8. The Morgan fingerprint density at radius 2 is 1.87 bits per heavy atom. The van der Waals surface area contributed by atoms with E-state index in [1.165, 1.54) is 6.07 Å². The summed E-state index contributed by atoms with van der Waals surface area (Å²) in [5, 5.41) is 6.13. The van der Waals surface area contributed by atoms with Crippen LogP contribution in [0.2, 0.25) is 0 Å². The monoisotopic (exact) mass is 516 g/mol. The number of pyridine rings is 1. The van der Waals surface area contributed by atoms with E-state index in [4.69, 9.17) is 4.52 Å². The zero-order valence-electron chi connectivity index (χ0n) is 20.0. The molecule has 6 rings (SSSR count). The SMILES string of the molecule is O=C1CCC(N2C(=O)C3=C(C2=O)N(Cc2nc(-c4cccc(-c5ccccn5)c4F)no2)CCC3)C(=O)N1. The van der Waals surface area contributed by atoms with Gasteiger partial charge in [0.1, 0.15) is 17.6 Å². The molecule has 2 aromatic heterocycles. The summed E-state index contributed by atoms with van der Waals surface area (Å²) in [7, 11) is 0. The predicted molar refractivity (Wildman–Crippen MR) is 128 cm³/mol. The van der Waals surface area contributed by atoms with Crippen molar-refractivity contribution >= 4 is 23.6 Å². The third-order valence-corrected chi connectivity index (χ3v) is 6.85. The summed E-state index contributed by atoms with van der Waals surface area (Å²) in [6, 6.07) is 8.99. The van der Waals surface area contributed by atoms with Gasteiger partial charge in [0.2, 0.25) is 23.5 Å². The van der Waals surface area contributed by atoms with Crippen molar-refractivity contribution < 1.29 is 28.1 Å². The van der Waals surface area contributed by atoms with E-state index in [0.29, 0.717) is 36.2 Å². The van der Waals surface area contributed by atoms with Gasteiger partial charge in [-0.25, -0.2) is 4.39 Å². The van der Waals surface area contributed by atoms with Crippen molar-refractivity contribution in [2.75, 3.05) is 6.54 Å². The topological polar surface area (TPSA) is 139 Å². The van der Waals surface area contributed by atoms with Crippen LogP contribution in [-0.2, 0) is 25.7 Å². The number of amides is 4. The number of nitrogens with one attached hydrogen (secondary N) is 1. The molecule has 3 aliphatic heterocycles. The molecule has 0 bridgehead atoms. The molecule has 1 N–H and O–H groups in total. The first kappa shape index (κ1) is 23.6. The number of hydrogen-bond acceptors (Lipinski definition) is 9. The fraction of sp³-hybridized carbons (Fsp3) is 0.269. The Bertz CT molecular complexity index is 1520. The molecule has 0 radical (unpaired) electrons. The molecular weight excluding hydrogens is 495 g/mol. The van der Waals surface area contributed by atoms with E-state index in [-0.39, 0.29) is 42.4 Å². The minimum absolute atomic E-state index is 0.0234. The van der Waals surface area contributed by atoms with Gasteiger partial charge in [-0.15, -0.1) is 0 Å². The van der Waals surface area contributed by atoms with Gasteiger partial charge in [0, 0.05) is 30.3 Å². The van der Waals surface area contributed by atoms with Crippen LogP contribution in [0, 0.1) is 5.82 Å². The van der Waals surface area contributed by atoms with E-state index in [1.807, 2.05) is 0 Å². The lowest BCUT2D eigenvalue weighted by Gasteiger charge is -2.29. The number of carbonyl (C=O) groups is 4. The average Bonchev–Trinajstić information content (AvgIpc) is 3.48. The summed E-state index contributed by atoms with van der Waals surface area (Å²) in [5.41, 5.74) is 1.41. The smallest absolute Gasteiger partial charge is 0.278 e. The van der Waals surface area contributed by atoms with Gasteiger partial charge in [0.05, 0.1) is 17.8 Å². The number of carbonyl (C=O) groups excluding carboxylic acids is 4. The Morgan fingerprint density at radius 3 is 2.66 bits per heavy atom. The summed E-state index contributed by atoms with van der Waals surface area (Å²) < 4.78 is 20.7. The van der Waals surface area contributed by atoms with E-state index in [2.05, 4.69) is 20.4 Å². The van der Waals surface area contributed by atoms with Crippen LogP contribution in [0.15, 0.2) is 58.4 Å². The molecule has 1 saturated heterocycles. The number of aromatic nitrogens is 3. The number of benzene rings is 1. The van der Waals surface area contributed by atoms with Crippen molar-refractivity contribution in [3.8, 4) is 22.6 Å². The summed E-state index contributed by atoms with van der Waals surface area (Å²) in [4.78, 5) is 61.5. The van der Waals surface area contributed by atoms with Crippen molar-refractivity contribution in [2.45, 2.75) is 38.3 Å². The molecule has 0 spiro atoms. The van der Waals surface area contributed by atoms with Gasteiger partial charge in [-0.3, -0.25) is 34.4 Å². The van der Waals surface area contributed by atoms with Gasteiger partial charge >= 0.3 is 0 Å². The Kier molecular flexibility index (Phi) is 5.78. The number of halogens is 1. The van der Waals surface area contributed by atoms with Crippen LogP contribution >= 0.6 is 0 Å². The minimum atomic E-state index is -1.04. The summed E-state index contributed by atoms with van der Waals surface area (Å²) in [6.07, 6.45) is 2.69. The quantitative estimate of drug-likeness (QED) is 0.504. The summed E-state index contributed by atoms with van der Waals surface area (Å²) >= 11 is 0. The molecule has 5 heterocycles. The van der Waals surface area contributed by atoms with Gasteiger partial charge < -0.3 is 9.42 Å². The van der Waals surface area contributed by atoms with Crippen molar-refractivity contribution in [2.24, 2.45) is 0 Å². The number of hydrogen-bond donors (Lipinski definition) is 1. The third kappa shape index (κ3) is 3.94. The van der Waals surface area contributed by atoms with Crippen LogP contribution in [-0.4, -0.2) is 61.1 Å². The average molecular weight is 516 g/mol. The third-order valence-electron chi connectivity index (χ3n) is 6.85. The molecule has 3 aromatic rings. The van der Waals surface area contributed by atoms with Crippen LogP contribution in [0.5, 0.6) is 0 Å². The van der Waals surface area contributed by atoms with E-state index < -0.39 is 35.5 Å². The van der Waals surface area contributed by atoms with Gasteiger partial charge in [-0.2, -0.15) is 4.98 Å². The highest BCUT2D eigenvalue weighted by Crippen LogP contribution is 2.35. The molecule has 0 saturated carbocycles. The number of imide groups is 2. The van der Waals surface area contributed by atoms with Crippen molar-refractivity contribution in [1.29, 1.82) is 0 Å². The standard InChI is InChI=1S/C26H21FN6O5/c27-21-14(17-8-1-2-11-28-17)5-3-6-15(21)23-30-20(38-31-23)13-32-12-4-7-16-22(32)26(37)33(25(16)36)18-9-10-19(34)29-24(18)35/h1-3,5-6,8,11,18H,4,7,9-10,12-13H2,(H,29,34,35). The maximum Gasteiger partial charge on any atom is 0.278 e. The molecule has 3 aliphatic rings. The highest BCUT2D eigenvalue weighted by molar-refractivity contribution is 6.21. The maximum absolute atomic E-state index is 15.3. The van der Waals surface area contributed by atoms with Gasteiger partial charge in [0.15, 0.2) is 0 Å². The lowest BCUT2D eigenvalue weighted by molar-refractivity contribution is -0.150. The largest absolute Gasteiger partial charge is 0.357 e. The van der Waals surface area contributed by atoms with E-state index in [1.54, 1.807) is 41.4 Å². The fourth-order valence-electron chi connectivity index (χ4n) is 5.08. The molecule has 192 valence electrons. The first-order chi connectivity index (χ1) is 18.4. The summed E-state index contributed by atoms with van der Waals surface area (Å²) in [5.74, 6) is -2.57. The predicted octanol–water partition coefficient (Wildman–Crippen LogP) is 1.96. The van der Waals surface area contributed by atoms with Crippen LogP contribution in [0.25, 0.3) is 22.6 Å². The molecule has 0 aliphatic carbocycles. The van der Waals surface area contributed by atoms with E-state index >= 15 is 4.39 Å². The van der Waals surface area contributed by atoms with Crippen LogP contribution < -0.4 is 5.32 Å². The van der Waals surface area contributed by atoms with Crippen LogP contribution in [0.4, 0.5) is 4.39 Å². The molecule has 11 nitrogen and oxygen atoms in total. The molecule has 1 atom stereocenters. The van der Waals surface area contributed by atoms with Crippen LogP contribution in [0.3, 0.4) is 0 Å². The van der Waals surface area contributed by atoms with Crippen molar-refractivity contribution in [3.05, 3.63) is 65.6 Å². The first-order valence-corrected chi connectivity index (χ1v) is 12.1. The summed E-state index contributed by atoms with van der Waals surface area (Å²) in [6.45, 7) is 0.470. The molecule has 1 unspecified atom stereocenters. The van der Waals surface area contributed by atoms with Gasteiger partial charge in [0.25, 0.3) is 11.8 Å². The Hall–Kier alpha value is -4.74. The highest BCUT2D eigenvalue weighted by atomic mass is 19.1. The number of nitrogens with zero attached hydrogens (tertiary/aromatic N) is 5. The molecular formula is C26H21FN6O5. The maximum atomic E-state index is 15.3. The first-order valence-electron chi connectivity index (χ1n) is 12.1. The Labute approximate surface area is 215 Å². The Balaban J connectivity index is 1.24. The fourth-order valence-corrected chi connectivity index (χ4v) is 5.08. The minimum Gasteiger partial charge on any atom is -0.357 e. The van der Waals surface area contributed by atoms with Gasteiger partial charge in [-0.1, -0.05) is 17.3 Å².